The van der Waals surface area contributed by atoms with Crippen LogP contribution in [0.3, 0.4) is 0 Å². The third-order valence-electron chi connectivity index (χ3n) is 5.09. The summed E-state index contributed by atoms with van der Waals surface area (Å²) in [5, 5.41) is 12.2. The van der Waals surface area contributed by atoms with Gasteiger partial charge in [-0.05, 0) is 42.7 Å². The molecule has 1 aliphatic carbocycles. The van der Waals surface area contributed by atoms with Gasteiger partial charge in [-0.2, -0.15) is 0 Å². The van der Waals surface area contributed by atoms with Crippen molar-refractivity contribution >= 4 is 11.9 Å². The Kier molecular flexibility index (Phi) is 6.53. The smallest absolute Gasteiger partial charge is 0.307 e. The molecule has 6 nitrogen and oxygen atoms in total. The van der Waals surface area contributed by atoms with Crippen LogP contribution in [0.5, 0.6) is 17.2 Å². The van der Waals surface area contributed by atoms with Crippen LogP contribution in [0.1, 0.15) is 31.2 Å². The van der Waals surface area contributed by atoms with Gasteiger partial charge in [0.15, 0.2) is 0 Å². The monoisotopic (exact) mass is 383 g/mol. The van der Waals surface area contributed by atoms with Gasteiger partial charge in [0, 0.05) is 12.6 Å². The molecule has 0 bridgehead atoms. The zero-order valence-electron chi connectivity index (χ0n) is 15.9. The van der Waals surface area contributed by atoms with E-state index in [0.717, 1.165) is 24.2 Å². The minimum atomic E-state index is -0.876. The number of carboxylic acids is 1. The van der Waals surface area contributed by atoms with Gasteiger partial charge in [0.05, 0.1) is 18.9 Å². The van der Waals surface area contributed by atoms with E-state index in [0.29, 0.717) is 30.9 Å². The highest BCUT2D eigenvalue weighted by atomic mass is 16.5. The number of carboxylic acid groups (broad SMARTS) is 1. The van der Waals surface area contributed by atoms with Gasteiger partial charge in [-0.25, -0.2) is 0 Å². The van der Waals surface area contributed by atoms with Crippen molar-refractivity contribution in [2.24, 2.45) is 11.8 Å². The molecule has 2 unspecified atom stereocenters. The molecular formula is C22H25NO5. The van der Waals surface area contributed by atoms with Crippen molar-refractivity contribution in [3.05, 3.63) is 54.1 Å². The Morgan fingerprint density at radius 1 is 1.00 bits per heavy atom. The number of carbonyl (C=O) groups is 2. The summed E-state index contributed by atoms with van der Waals surface area (Å²) in [6.45, 7) is 0.362. The number of aliphatic carboxylic acids is 1. The van der Waals surface area contributed by atoms with Crippen LogP contribution in [0, 0.1) is 11.8 Å². The predicted octanol–water partition coefficient (Wildman–Crippen LogP) is 3.99. The maximum absolute atomic E-state index is 12.4. The first-order valence-electron chi connectivity index (χ1n) is 9.48. The second-order valence-electron chi connectivity index (χ2n) is 6.98. The third-order valence-corrected chi connectivity index (χ3v) is 5.09. The van der Waals surface area contributed by atoms with E-state index in [-0.39, 0.29) is 5.91 Å². The molecule has 0 saturated heterocycles. The van der Waals surface area contributed by atoms with Gasteiger partial charge in [0.2, 0.25) is 5.91 Å². The van der Waals surface area contributed by atoms with Crippen molar-refractivity contribution in [2.75, 3.05) is 7.11 Å². The largest absolute Gasteiger partial charge is 0.497 e. The fourth-order valence-corrected chi connectivity index (χ4v) is 3.54. The summed E-state index contributed by atoms with van der Waals surface area (Å²) in [5.41, 5.74) is 0.925. The molecular weight excluding hydrogens is 358 g/mol. The van der Waals surface area contributed by atoms with Crippen molar-refractivity contribution < 1.29 is 24.2 Å². The summed E-state index contributed by atoms with van der Waals surface area (Å²) < 4.78 is 11.0. The van der Waals surface area contributed by atoms with E-state index in [9.17, 15) is 14.7 Å². The number of carbonyl (C=O) groups excluding carboxylic acids is 1. The maximum Gasteiger partial charge on any atom is 0.307 e. The highest BCUT2D eigenvalue weighted by Gasteiger charge is 2.35. The van der Waals surface area contributed by atoms with E-state index in [1.807, 2.05) is 42.5 Å². The molecule has 0 heterocycles. The number of benzene rings is 2. The average molecular weight is 383 g/mol. The normalized spacial score (nSPS) is 18.9. The molecule has 148 valence electrons. The molecule has 0 aromatic heterocycles. The van der Waals surface area contributed by atoms with Crippen molar-refractivity contribution in [2.45, 2.75) is 32.2 Å². The molecule has 6 heteroatoms. The van der Waals surface area contributed by atoms with E-state index >= 15 is 0 Å². The van der Waals surface area contributed by atoms with Crippen LogP contribution in [-0.4, -0.2) is 24.1 Å². The second kappa shape index (κ2) is 9.26. The second-order valence-corrected chi connectivity index (χ2v) is 6.98. The maximum atomic E-state index is 12.4. The predicted molar refractivity (Wildman–Crippen MR) is 104 cm³/mol. The average Bonchev–Trinajstić information content (AvgIpc) is 2.73. The molecule has 3 rings (SSSR count). The Labute approximate surface area is 164 Å². The van der Waals surface area contributed by atoms with Crippen LogP contribution in [0.2, 0.25) is 0 Å². The third kappa shape index (κ3) is 5.03. The Balaban J connectivity index is 1.55. The van der Waals surface area contributed by atoms with Crippen LogP contribution in [0.15, 0.2) is 48.5 Å². The number of nitrogens with one attached hydrogen (secondary N) is 1. The number of amides is 1. The molecule has 1 aliphatic rings. The number of hydrogen-bond acceptors (Lipinski definition) is 4. The topological polar surface area (TPSA) is 84.9 Å². The number of ether oxygens (including phenoxy) is 2. The zero-order chi connectivity index (χ0) is 19.9. The Bertz CT molecular complexity index is 818. The Hall–Kier alpha value is -3.02. The lowest BCUT2D eigenvalue weighted by Gasteiger charge is -2.27. The van der Waals surface area contributed by atoms with Crippen LogP contribution < -0.4 is 14.8 Å². The Morgan fingerprint density at radius 3 is 2.36 bits per heavy atom. The van der Waals surface area contributed by atoms with Crippen molar-refractivity contribution in [3.63, 3.8) is 0 Å². The van der Waals surface area contributed by atoms with Crippen LogP contribution in [0.25, 0.3) is 0 Å². The van der Waals surface area contributed by atoms with Crippen LogP contribution in [0.4, 0.5) is 0 Å². The summed E-state index contributed by atoms with van der Waals surface area (Å²) in [7, 11) is 1.61. The first-order chi connectivity index (χ1) is 13.6. The summed E-state index contributed by atoms with van der Waals surface area (Å²) in [6.07, 6.45) is 2.98. The van der Waals surface area contributed by atoms with Crippen LogP contribution >= 0.6 is 0 Å². The first-order valence-corrected chi connectivity index (χ1v) is 9.48. The minimum absolute atomic E-state index is 0.177. The number of rotatable bonds is 7. The SMILES string of the molecule is COc1cccc(Oc2ccc(CNC(=O)C3CCCCC3C(=O)O)cc2)c1. The van der Waals surface area contributed by atoms with E-state index in [4.69, 9.17) is 9.47 Å². The summed E-state index contributed by atoms with van der Waals surface area (Å²) in [6, 6.07) is 14.8. The van der Waals surface area contributed by atoms with Gasteiger partial charge in [0.25, 0.3) is 0 Å². The molecule has 1 amide bonds. The van der Waals surface area contributed by atoms with Crippen molar-refractivity contribution in [1.29, 1.82) is 0 Å². The summed E-state index contributed by atoms with van der Waals surface area (Å²) >= 11 is 0. The molecule has 0 aliphatic heterocycles. The highest BCUT2D eigenvalue weighted by molar-refractivity contribution is 5.84. The molecule has 0 radical (unpaired) electrons. The molecule has 2 atom stereocenters. The molecule has 1 fully saturated rings. The van der Waals surface area contributed by atoms with Gasteiger partial charge in [-0.15, -0.1) is 0 Å². The van der Waals surface area contributed by atoms with E-state index in [1.54, 1.807) is 13.2 Å². The number of methoxy groups -OCH3 is 1. The van der Waals surface area contributed by atoms with Gasteiger partial charge in [0.1, 0.15) is 17.2 Å². The molecule has 28 heavy (non-hydrogen) atoms. The minimum Gasteiger partial charge on any atom is -0.497 e. The van der Waals surface area contributed by atoms with E-state index < -0.39 is 17.8 Å². The molecule has 2 aromatic rings. The van der Waals surface area contributed by atoms with Crippen molar-refractivity contribution in [3.8, 4) is 17.2 Å². The van der Waals surface area contributed by atoms with Gasteiger partial charge in [-0.1, -0.05) is 31.0 Å². The zero-order valence-corrected chi connectivity index (χ0v) is 15.9. The molecule has 0 spiro atoms. The quantitative estimate of drug-likeness (QED) is 0.755. The fraction of sp³-hybridized carbons (Fsp3) is 0.364. The van der Waals surface area contributed by atoms with E-state index in [2.05, 4.69) is 5.32 Å². The lowest BCUT2D eigenvalue weighted by atomic mass is 9.78. The lowest BCUT2D eigenvalue weighted by Crippen LogP contribution is -2.39. The fourth-order valence-electron chi connectivity index (χ4n) is 3.54. The number of hydrogen-bond donors (Lipinski definition) is 2. The highest BCUT2D eigenvalue weighted by Crippen LogP contribution is 2.30. The van der Waals surface area contributed by atoms with Gasteiger partial charge in [-0.3, -0.25) is 9.59 Å². The first kappa shape index (κ1) is 19.7. The molecule has 1 saturated carbocycles. The summed E-state index contributed by atoms with van der Waals surface area (Å²) in [4.78, 5) is 23.8. The molecule has 2 aromatic carbocycles. The Morgan fingerprint density at radius 2 is 1.68 bits per heavy atom. The van der Waals surface area contributed by atoms with Gasteiger partial charge >= 0.3 is 5.97 Å². The lowest BCUT2D eigenvalue weighted by molar-refractivity contribution is -0.148. The molecule has 2 N–H and O–H groups in total. The standard InChI is InChI=1S/C22H25NO5/c1-27-17-5-4-6-18(13-17)28-16-11-9-15(10-12-16)14-23-21(24)19-7-2-3-8-20(19)22(25)26/h4-6,9-13,19-20H,2-3,7-8,14H2,1H3,(H,23,24)(H,25,26). The summed E-state index contributed by atoms with van der Waals surface area (Å²) in [5.74, 6) is 0.00943. The van der Waals surface area contributed by atoms with Crippen molar-refractivity contribution in [1.82, 2.24) is 5.32 Å². The van der Waals surface area contributed by atoms with Gasteiger partial charge < -0.3 is 19.9 Å². The van der Waals surface area contributed by atoms with Crippen LogP contribution in [-0.2, 0) is 16.1 Å². The van der Waals surface area contributed by atoms with E-state index in [1.165, 1.54) is 0 Å².